The van der Waals surface area contributed by atoms with E-state index in [4.69, 9.17) is 4.52 Å². The molecule has 0 fully saturated rings. The van der Waals surface area contributed by atoms with Crippen molar-refractivity contribution in [2.24, 2.45) is 0 Å². The molecule has 0 spiro atoms. The minimum Gasteiger partial charge on any atom is -0.345 e. The summed E-state index contributed by atoms with van der Waals surface area (Å²) in [5.41, 5.74) is 1.14. The van der Waals surface area contributed by atoms with Crippen molar-refractivity contribution in [1.29, 1.82) is 0 Å². The van der Waals surface area contributed by atoms with Crippen LogP contribution in [-0.4, -0.2) is 41.1 Å². The largest absolute Gasteiger partial charge is 0.345 e. The highest BCUT2D eigenvalue weighted by atomic mass is 16.5. The van der Waals surface area contributed by atoms with Crippen molar-refractivity contribution in [3.05, 3.63) is 47.6 Å². The molecule has 0 unspecified atom stereocenters. The molecule has 2 rings (SSSR count). The summed E-state index contributed by atoms with van der Waals surface area (Å²) >= 11 is 0. The Morgan fingerprint density at radius 3 is 2.81 bits per heavy atom. The normalized spacial score (nSPS) is 10.6. The molecule has 1 aromatic heterocycles. The molecule has 1 amide bonds. The van der Waals surface area contributed by atoms with Crippen LogP contribution >= 0.6 is 0 Å². The monoisotopic (exact) mass is 288 g/mol. The Morgan fingerprint density at radius 2 is 2.10 bits per heavy atom. The third kappa shape index (κ3) is 4.68. The van der Waals surface area contributed by atoms with Crippen LogP contribution in [-0.2, 0) is 17.8 Å². The maximum Gasteiger partial charge on any atom is 0.240 e. The second-order valence-electron chi connectivity index (χ2n) is 4.78. The number of aromatic nitrogens is 2. The van der Waals surface area contributed by atoms with E-state index >= 15 is 0 Å². The SMILES string of the molecule is CCN(C)C(=O)CNCc1nc(Cc2ccccc2)no1. The molecular weight excluding hydrogens is 268 g/mol. The van der Waals surface area contributed by atoms with Gasteiger partial charge in [-0.1, -0.05) is 35.5 Å². The lowest BCUT2D eigenvalue weighted by atomic mass is 10.1. The summed E-state index contributed by atoms with van der Waals surface area (Å²) in [6.45, 7) is 3.29. The second kappa shape index (κ2) is 7.54. The molecule has 0 atom stereocenters. The predicted octanol–water partition coefficient (Wildman–Crippen LogP) is 1.23. The zero-order valence-electron chi connectivity index (χ0n) is 12.4. The number of likely N-dealkylation sites (N-methyl/N-ethyl adjacent to an activating group) is 1. The topological polar surface area (TPSA) is 71.3 Å². The van der Waals surface area contributed by atoms with Gasteiger partial charge in [0.15, 0.2) is 5.82 Å². The quantitative estimate of drug-likeness (QED) is 0.829. The average Bonchev–Trinajstić information content (AvgIpc) is 2.94. The summed E-state index contributed by atoms with van der Waals surface area (Å²) < 4.78 is 5.16. The second-order valence-corrected chi connectivity index (χ2v) is 4.78. The van der Waals surface area contributed by atoms with E-state index in [1.807, 2.05) is 37.3 Å². The molecule has 21 heavy (non-hydrogen) atoms. The molecule has 2 aromatic rings. The molecule has 112 valence electrons. The molecule has 0 bridgehead atoms. The van der Waals surface area contributed by atoms with E-state index in [0.717, 1.165) is 5.56 Å². The first-order valence-electron chi connectivity index (χ1n) is 6.99. The van der Waals surface area contributed by atoms with Gasteiger partial charge in [-0.3, -0.25) is 10.1 Å². The van der Waals surface area contributed by atoms with Gasteiger partial charge in [0.1, 0.15) is 0 Å². The summed E-state index contributed by atoms with van der Waals surface area (Å²) in [6.07, 6.45) is 0.641. The summed E-state index contributed by atoms with van der Waals surface area (Å²) in [7, 11) is 1.77. The average molecular weight is 288 g/mol. The Labute approximate surface area is 124 Å². The maximum absolute atomic E-state index is 11.6. The lowest BCUT2D eigenvalue weighted by Crippen LogP contribution is -2.35. The van der Waals surface area contributed by atoms with Crippen molar-refractivity contribution >= 4 is 5.91 Å². The Hall–Kier alpha value is -2.21. The summed E-state index contributed by atoms with van der Waals surface area (Å²) in [5.74, 6) is 1.18. The van der Waals surface area contributed by atoms with Crippen molar-refractivity contribution in [1.82, 2.24) is 20.4 Å². The van der Waals surface area contributed by atoms with Crippen LogP contribution in [0, 0.1) is 0 Å². The summed E-state index contributed by atoms with van der Waals surface area (Å²) in [4.78, 5) is 17.6. The number of benzene rings is 1. The van der Waals surface area contributed by atoms with Gasteiger partial charge >= 0.3 is 0 Å². The van der Waals surface area contributed by atoms with Gasteiger partial charge in [-0.25, -0.2) is 0 Å². The van der Waals surface area contributed by atoms with E-state index in [1.165, 1.54) is 0 Å². The van der Waals surface area contributed by atoms with Crippen molar-refractivity contribution in [2.75, 3.05) is 20.1 Å². The van der Waals surface area contributed by atoms with Crippen LogP contribution in [0.3, 0.4) is 0 Å². The number of amides is 1. The fraction of sp³-hybridized carbons (Fsp3) is 0.400. The van der Waals surface area contributed by atoms with Gasteiger partial charge in [0, 0.05) is 20.0 Å². The number of carbonyl (C=O) groups is 1. The van der Waals surface area contributed by atoms with E-state index in [0.29, 0.717) is 31.2 Å². The minimum atomic E-state index is 0.0431. The Kier molecular flexibility index (Phi) is 5.45. The number of rotatable bonds is 7. The number of nitrogens with one attached hydrogen (secondary N) is 1. The zero-order chi connectivity index (χ0) is 15.1. The standard InChI is InChI=1S/C15H20N4O2/c1-3-19(2)15(20)11-16-10-14-17-13(18-21-14)9-12-7-5-4-6-8-12/h4-8,16H,3,9-11H2,1-2H3. The molecule has 0 aliphatic rings. The molecule has 0 radical (unpaired) electrons. The number of carbonyl (C=O) groups excluding carboxylic acids is 1. The van der Waals surface area contributed by atoms with E-state index in [-0.39, 0.29) is 12.5 Å². The molecule has 0 saturated carbocycles. The van der Waals surface area contributed by atoms with Crippen molar-refractivity contribution in [2.45, 2.75) is 19.9 Å². The fourth-order valence-electron chi connectivity index (χ4n) is 1.80. The first-order valence-corrected chi connectivity index (χ1v) is 6.99. The van der Waals surface area contributed by atoms with Crippen molar-refractivity contribution < 1.29 is 9.32 Å². The third-order valence-electron chi connectivity index (χ3n) is 3.17. The smallest absolute Gasteiger partial charge is 0.240 e. The summed E-state index contributed by atoms with van der Waals surface area (Å²) in [6, 6.07) is 9.97. The van der Waals surface area contributed by atoms with Crippen LogP contribution < -0.4 is 5.32 Å². The first-order chi connectivity index (χ1) is 10.2. The fourth-order valence-corrected chi connectivity index (χ4v) is 1.80. The van der Waals surface area contributed by atoms with E-state index in [9.17, 15) is 4.79 Å². The Bertz CT molecular complexity index is 568. The van der Waals surface area contributed by atoms with Gasteiger partial charge in [-0.15, -0.1) is 0 Å². The van der Waals surface area contributed by atoms with Gasteiger partial charge in [-0.05, 0) is 12.5 Å². The third-order valence-corrected chi connectivity index (χ3v) is 3.17. The van der Waals surface area contributed by atoms with Gasteiger partial charge < -0.3 is 9.42 Å². The molecule has 1 heterocycles. The minimum absolute atomic E-state index is 0.0431. The van der Waals surface area contributed by atoms with E-state index in [1.54, 1.807) is 11.9 Å². The zero-order valence-corrected chi connectivity index (χ0v) is 12.4. The Balaban J connectivity index is 1.79. The van der Waals surface area contributed by atoms with Gasteiger partial charge in [0.2, 0.25) is 11.8 Å². The predicted molar refractivity (Wildman–Crippen MR) is 78.6 cm³/mol. The van der Waals surface area contributed by atoms with Crippen LogP contribution in [0.2, 0.25) is 0 Å². The van der Waals surface area contributed by atoms with Crippen LogP contribution in [0.1, 0.15) is 24.2 Å². The van der Waals surface area contributed by atoms with Crippen LogP contribution in [0.25, 0.3) is 0 Å². The molecule has 0 aliphatic carbocycles. The Morgan fingerprint density at radius 1 is 1.33 bits per heavy atom. The van der Waals surface area contributed by atoms with Gasteiger partial charge in [0.05, 0.1) is 13.1 Å². The molecule has 0 saturated heterocycles. The highest BCUT2D eigenvalue weighted by molar-refractivity contribution is 5.77. The summed E-state index contributed by atoms with van der Waals surface area (Å²) in [5, 5.41) is 6.95. The maximum atomic E-state index is 11.6. The molecule has 1 N–H and O–H groups in total. The van der Waals surface area contributed by atoms with Crippen LogP contribution in [0.15, 0.2) is 34.9 Å². The highest BCUT2D eigenvalue weighted by Crippen LogP contribution is 2.06. The molecular formula is C15H20N4O2. The van der Waals surface area contributed by atoms with Gasteiger partial charge in [0.25, 0.3) is 0 Å². The van der Waals surface area contributed by atoms with Crippen molar-refractivity contribution in [3.8, 4) is 0 Å². The molecule has 1 aromatic carbocycles. The lowest BCUT2D eigenvalue weighted by molar-refractivity contribution is -0.128. The van der Waals surface area contributed by atoms with Crippen LogP contribution in [0.5, 0.6) is 0 Å². The molecule has 0 aliphatic heterocycles. The van der Waals surface area contributed by atoms with Gasteiger partial charge in [-0.2, -0.15) is 4.98 Å². The molecule has 6 heteroatoms. The first kappa shape index (κ1) is 15.2. The van der Waals surface area contributed by atoms with E-state index in [2.05, 4.69) is 15.5 Å². The number of hydrogen-bond donors (Lipinski definition) is 1. The van der Waals surface area contributed by atoms with Crippen LogP contribution in [0.4, 0.5) is 0 Å². The highest BCUT2D eigenvalue weighted by Gasteiger charge is 2.09. The van der Waals surface area contributed by atoms with Crippen molar-refractivity contribution in [3.63, 3.8) is 0 Å². The number of hydrogen-bond acceptors (Lipinski definition) is 5. The number of nitrogens with zero attached hydrogens (tertiary/aromatic N) is 3. The van der Waals surface area contributed by atoms with E-state index < -0.39 is 0 Å². The lowest BCUT2D eigenvalue weighted by Gasteiger charge is -2.13. The molecule has 6 nitrogen and oxygen atoms in total.